The molecule has 0 aliphatic rings. The van der Waals surface area contributed by atoms with Crippen molar-refractivity contribution in [3.05, 3.63) is 45.1 Å². The molecule has 0 aliphatic carbocycles. The van der Waals surface area contributed by atoms with E-state index in [0.717, 1.165) is 6.42 Å². The molecule has 0 saturated carbocycles. The summed E-state index contributed by atoms with van der Waals surface area (Å²) in [7, 11) is 0. The Morgan fingerprint density at radius 1 is 1.17 bits per heavy atom. The van der Waals surface area contributed by atoms with E-state index in [1.54, 1.807) is 38.1 Å². The second-order valence-corrected chi connectivity index (χ2v) is 6.03. The molecule has 0 fully saturated rings. The fraction of sp³-hybridized carbons (Fsp3) is 0.471. The van der Waals surface area contributed by atoms with Gasteiger partial charge in [-0.1, -0.05) is 19.1 Å². The minimum absolute atomic E-state index is 0.0421. The zero-order chi connectivity index (χ0) is 17.1. The first-order valence-electron chi connectivity index (χ1n) is 7.90. The van der Waals surface area contributed by atoms with Gasteiger partial charge in [0.1, 0.15) is 6.54 Å². The van der Waals surface area contributed by atoms with Crippen molar-refractivity contribution in [1.82, 2.24) is 14.5 Å². The SMILES string of the molecule is CCC(C)NC(=O)Cn1c(=O)n(C(C)C)c(=O)c2ccccc21. The minimum Gasteiger partial charge on any atom is -0.352 e. The van der Waals surface area contributed by atoms with Crippen LogP contribution in [0.4, 0.5) is 0 Å². The molecule has 0 bridgehead atoms. The van der Waals surface area contributed by atoms with E-state index in [2.05, 4.69) is 5.32 Å². The van der Waals surface area contributed by atoms with E-state index in [1.165, 1.54) is 9.13 Å². The summed E-state index contributed by atoms with van der Waals surface area (Å²) >= 11 is 0. The molecule has 1 unspecified atom stereocenters. The van der Waals surface area contributed by atoms with Crippen molar-refractivity contribution in [2.75, 3.05) is 0 Å². The van der Waals surface area contributed by atoms with Crippen LogP contribution in [0.3, 0.4) is 0 Å². The van der Waals surface area contributed by atoms with Gasteiger partial charge >= 0.3 is 5.69 Å². The molecule has 6 nitrogen and oxygen atoms in total. The lowest BCUT2D eigenvalue weighted by Crippen LogP contribution is -2.44. The van der Waals surface area contributed by atoms with Crippen LogP contribution in [0.1, 0.15) is 40.2 Å². The first-order valence-corrected chi connectivity index (χ1v) is 7.90. The molecule has 1 heterocycles. The number of carbonyl (C=O) groups excluding carboxylic acids is 1. The number of nitrogens with one attached hydrogen (secondary N) is 1. The summed E-state index contributed by atoms with van der Waals surface area (Å²) < 4.78 is 2.56. The van der Waals surface area contributed by atoms with Crippen LogP contribution in [0.15, 0.2) is 33.9 Å². The number of hydrogen-bond donors (Lipinski definition) is 1. The van der Waals surface area contributed by atoms with E-state index in [9.17, 15) is 14.4 Å². The highest BCUT2D eigenvalue weighted by atomic mass is 16.2. The summed E-state index contributed by atoms with van der Waals surface area (Å²) in [5.74, 6) is -0.236. The number of para-hydroxylation sites is 1. The molecule has 0 saturated heterocycles. The molecule has 6 heteroatoms. The van der Waals surface area contributed by atoms with Crippen LogP contribution in [0.5, 0.6) is 0 Å². The maximum Gasteiger partial charge on any atom is 0.332 e. The average molecular weight is 317 g/mol. The van der Waals surface area contributed by atoms with E-state index >= 15 is 0 Å². The summed E-state index contributed by atoms with van der Waals surface area (Å²) in [5.41, 5.74) is -0.291. The van der Waals surface area contributed by atoms with Crippen LogP contribution in [-0.4, -0.2) is 21.1 Å². The summed E-state index contributed by atoms with van der Waals surface area (Å²) in [5, 5.41) is 3.29. The monoisotopic (exact) mass is 317 g/mol. The molecular formula is C17H23N3O3. The van der Waals surface area contributed by atoms with Crippen molar-refractivity contribution in [1.29, 1.82) is 0 Å². The number of carbonyl (C=O) groups is 1. The number of fused-ring (bicyclic) bond motifs is 1. The molecule has 1 N–H and O–H groups in total. The molecule has 1 aromatic carbocycles. The number of hydrogen-bond acceptors (Lipinski definition) is 3. The van der Waals surface area contributed by atoms with Crippen molar-refractivity contribution in [3.8, 4) is 0 Å². The van der Waals surface area contributed by atoms with Gasteiger partial charge in [-0.15, -0.1) is 0 Å². The van der Waals surface area contributed by atoms with Crippen LogP contribution < -0.4 is 16.6 Å². The zero-order valence-electron chi connectivity index (χ0n) is 14.0. The predicted molar refractivity (Wildman–Crippen MR) is 90.7 cm³/mol. The van der Waals surface area contributed by atoms with E-state index in [0.29, 0.717) is 10.9 Å². The number of aromatic nitrogens is 2. The summed E-state index contributed by atoms with van der Waals surface area (Å²) in [4.78, 5) is 37.4. The van der Waals surface area contributed by atoms with Gasteiger partial charge in [0, 0.05) is 12.1 Å². The maximum absolute atomic E-state index is 12.7. The lowest BCUT2D eigenvalue weighted by atomic mass is 10.2. The molecule has 2 aromatic rings. The Morgan fingerprint density at radius 2 is 1.83 bits per heavy atom. The molecule has 1 amide bonds. The fourth-order valence-electron chi connectivity index (χ4n) is 2.51. The second-order valence-electron chi connectivity index (χ2n) is 6.03. The zero-order valence-corrected chi connectivity index (χ0v) is 14.0. The number of benzene rings is 1. The quantitative estimate of drug-likeness (QED) is 0.911. The minimum atomic E-state index is -0.456. The third-order valence-corrected chi connectivity index (χ3v) is 3.92. The molecule has 0 radical (unpaired) electrons. The van der Waals surface area contributed by atoms with E-state index in [1.807, 2.05) is 13.8 Å². The third kappa shape index (κ3) is 3.36. The van der Waals surface area contributed by atoms with Crippen LogP contribution in [-0.2, 0) is 11.3 Å². The number of nitrogens with zero attached hydrogens (tertiary/aromatic N) is 2. The molecule has 23 heavy (non-hydrogen) atoms. The standard InChI is InChI=1S/C17H23N3O3/c1-5-12(4)18-15(21)10-19-14-9-7-6-8-13(14)16(22)20(11(2)3)17(19)23/h6-9,11-12H,5,10H2,1-4H3,(H,18,21). The third-order valence-electron chi connectivity index (χ3n) is 3.92. The van der Waals surface area contributed by atoms with Gasteiger partial charge in [-0.25, -0.2) is 4.79 Å². The van der Waals surface area contributed by atoms with Crippen LogP contribution in [0.2, 0.25) is 0 Å². The Bertz CT molecular complexity index is 833. The van der Waals surface area contributed by atoms with Crippen LogP contribution in [0.25, 0.3) is 10.9 Å². The molecule has 0 spiro atoms. The Kier molecular flexibility index (Phi) is 5.03. The first kappa shape index (κ1) is 17.0. The van der Waals surface area contributed by atoms with Crippen molar-refractivity contribution >= 4 is 16.8 Å². The summed E-state index contributed by atoms with van der Waals surface area (Å²) in [6.45, 7) is 7.35. The van der Waals surface area contributed by atoms with Gasteiger partial charge < -0.3 is 5.32 Å². The molecule has 2 rings (SSSR count). The Morgan fingerprint density at radius 3 is 2.43 bits per heavy atom. The smallest absolute Gasteiger partial charge is 0.332 e. The normalized spacial score (nSPS) is 12.6. The predicted octanol–water partition coefficient (Wildman–Crippen LogP) is 1.66. The van der Waals surface area contributed by atoms with Gasteiger partial charge in [0.15, 0.2) is 0 Å². The maximum atomic E-state index is 12.7. The van der Waals surface area contributed by atoms with E-state index in [4.69, 9.17) is 0 Å². The van der Waals surface area contributed by atoms with Gasteiger partial charge in [-0.2, -0.15) is 0 Å². The Labute approximate surface area is 134 Å². The van der Waals surface area contributed by atoms with Gasteiger partial charge in [0.05, 0.1) is 10.9 Å². The Hall–Kier alpha value is -2.37. The number of amides is 1. The summed E-state index contributed by atoms with van der Waals surface area (Å²) in [6.07, 6.45) is 0.812. The molecule has 0 aliphatic heterocycles. The molecule has 124 valence electrons. The lowest BCUT2D eigenvalue weighted by molar-refractivity contribution is -0.122. The highest BCUT2D eigenvalue weighted by Crippen LogP contribution is 2.09. The van der Waals surface area contributed by atoms with E-state index < -0.39 is 5.69 Å². The van der Waals surface area contributed by atoms with Crippen molar-refractivity contribution < 1.29 is 4.79 Å². The van der Waals surface area contributed by atoms with Gasteiger partial charge in [0.25, 0.3) is 5.56 Å². The molecule has 1 atom stereocenters. The first-order chi connectivity index (χ1) is 10.9. The Balaban J connectivity index is 2.61. The molecule has 1 aromatic heterocycles. The summed E-state index contributed by atoms with van der Waals surface area (Å²) in [6, 6.07) is 6.65. The highest BCUT2D eigenvalue weighted by Gasteiger charge is 2.17. The van der Waals surface area contributed by atoms with Crippen molar-refractivity contribution in [2.24, 2.45) is 0 Å². The van der Waals surface area contributed by atoms with Gasteiger partial charge in [-0.05, 0) is 39.3 Å². The highest BCUT2D eigenvalue weighted by molar-refractivity contribution is 5.81. The van der Waals surface area contributed by atoms with Gasteiger partial charge in [-0.3, -0.25) is 18.7 Å². The second kappa shape index (κ2) is 6.81. The fourth-order valence-corrected chi connectivity index (χ4v) is 2.51. The van der Waals surface area contributed by atoms with E-state index in [-0.39, 0.29) is 30.1 Å². The van der Waals surface area contributed by atoms with Gasteiger partial charge in [0.2, 0.25) is 5.91 Å². The number of rotatable bonds is 5. The van der Waals surface area contributed by atoms with Crippen LogP contribution >= 0.6 is 0 Å². The largest absolute Gasteiger partial charge is 0.352 e. The molecular weight excluding hydrogens is 294 g/mol. The average Bonchev–Trinajstić information content (AvgIpc) is 2.51. The lowest BCUT2D eigenvalue weighted by Gasteiger charge is -2.17. The van der Waals surface area contributed by atoms with Crippen LogP contribution in [0, 0.1) is 0 Å². The van der Waals surface area contributed by atoms with Crippen molar-refractivity contribution in [2.45, 2.75) is 52.7 Å². The van der Waals surface area contributed by atoms with Crippen molar-refractivity contribution in [3.63, 3.8) is 0 Å². The topological polar surface area (TPSA) is 73.1 Å².